The number of amides is 1. The fourth-order valence-corrected chi connectivity index (χ4v) is 7.57. The van der Waals surface area contributed by atoms with Gasteiger partial charge in [0.25, 0.3) is 5.91 Å². The molecule has 0 spiro atoms. The SMILES string of the molecule is CCCCCCCCc1sc(NC(=O)c2cc3cc(C)cc(C)c3n2Cc2cccc(C(=O)OC)c2)nc1-c1cc(OC)c(Cl)cc1OC. The number of unbranched alkanes of at least 4 members (excludes halogenated alkanes) is 5. The number of anilines is 1. The van der Waals surface area contributed by atoms with E-state index in [0.29, 0.717) is 39.5 Å². The summed E-state index contributed by atoms with van der Waals surface area (Å²) in [6, 6.07) is 17.0. The third kappa shape index (κ3) is 8.28. The van der Waals surface area contributed by atoms with Gasteiger partial charge >= 0.3 is 5.97 Å². The van der Waals surface area contributed by atoms with Gasteiger partial charge in [-0.1, -0.05) is 74.4 Å². The van der Waals surface area contributed by atoms with Crippen LogP contribution in [0.1, 0.15) is 87.9 Å². The topological polar surface area (TPSA) is 91.7 Å². The molecule has 0 bridgehead atoms. The second-order valence-corrected chi connectivity index (χ2v) is 13.8. The minimum atomic E-state index is -0.407. The number of aromatic nitrogens is 2. The normalized spacial score (nSPS) is 11.2. The lowest BCUT2D eigenvalue weighted by Crippen LogP contribution is -2.18. The molecule has 3 aromatic carbocycles. The van der Waals surface area contributed by atoms with Crippen LogP contribution in [0.2, 0.25) is 5.02 Å². The number of carbonyl (C=O) groups excluding carboxylic acids is 2. The van der Waals surface area contributed by atoms with E-state index >= 15 is 0 Å². The smallest absolute Gasteiger partial charge is 0.337 e. The molecule has 258 valence electrons. The summed E-state index contributed by atoms with van der Waals surface area (Å²) >= 11 is 7.93. The highest BCUT2D eigenvalue weighted by Crippen LogP contribution is 2.42. The number of methoxy groups -OCH3 is 3. The number of nitrogens with zero attached hydrogens (tertiary/aromatic N) is 2. The van der Waals surface area contributed by atoms with Crippen LogP contribution in [0.3, 0.4) is 0 Å². The molecule has 5 rings (SSSR count). The van der Waals surface area contributed by atoms with Gasteiger partial charge in [-0.25, -0.2) is 9.78 Å². The van der Waals surface area contributed by atoms with Crippen molar-refractivity contribution in [2.75, 3.05) is 26.6 Å². The first-order valence-corrected chi connectivity index (χ1v) is 17.9. The molecule has 0 radical (unpaired) electrons. The number of hydrogen-bond acceptors (Lipinski definition) is 7. The van der Waals surface area contributed by atoms with Gasteiger partial charge in [-0.05, 0) is 68.1 Å². The molecular formula is C39H44ClN3O5S. The first-order chi connectivity index (χ1) is 23.7. The van der Waals surface area contributed by atoms with Crippen LogP contribution in [-0.2, 0) is 17.7 Å². The van der Waals surface area contributed by atoms with Crippen molar-refractivity contribution in [3.8, 4) is 22.8 Å². The van der Waals surface area contributed by atoms with Gasteiger partial charge in [0.15, 0.2) is 5.13 Å². The van der Waals surface area contributed by atoms with Crippen molar-refractivity contribution in [3.05, 3.63) is 92.4 Å². The number of ether oxygens (including phenoxy) is 3. The van der Waals surface area contributed by atoms with Gasteiger partial charge < -0.3 is 18.8 Å². The molecule has 1 N–H and O–H groups in total. The quantitative estimate of drug-likeness (QED) is 0.0863. The van der Waals surface area contributed by atoms with E-state index in [9.17, 15) is 9.59 Å². The van der Waals surface area contributed by atoms with Crippen LogP contribution in [0.25, 0.3) is 22.2 Å². The molecule has 5 aromatic rings. The minimum absolute atomic E-state index is 0.274. The zero-order chi connectivity index (χ0) is 35.1. The van der Waals surface area contributed by atoms with E-state index in [0.717, 1.165) is 63.0 Å². The van der Waals surface area contributed by atoms with Crippen molar-refractivity contribution in [2.24, 2.45) is 0 Å². The van der Waals surface area contributed by atoms with Crippen molar-refractivity contribution >= 4 is 50.8 Å². The summed E-state index contributed by atoms with van der Waals surface area (Å²) in [4.78, 5) is 32.5. The minimum Gasteiger partial charge on any atom is -0.496 e. The molecule has 8 nitrogen and oxygen atoms in total. The lowest BCUT2D eigenvalue weighted by molar-refractivity contribution is 0.0600. The van der Waals surface area contributed by atoms with Gasteiger partial charge in [0, 0.05) is 28.4 Å². The Bertz CT molecular complexity index is 1960. The summed E-state index contributed by atoms with van der Waals surface area (Å²) in [7, 11) is 4.55. The summed E-state index contributed by atoms with van der Waals surface area (Å²) in [5.74, 6) is 0.422. The predicted octanol–water partition coefficient (Wildman–Crippen LogP) is 10.0. The summed E-state index contributed by atoms with van der Waals surface area (Å²) in [5, 5.41) is 5.03. The Kier molecular flexibility index (Phi) is 12.0. The molecular weight excluding hydrogens is 658 g/mol. The van der Waals surface area contributed by atoms with Gasteiger partial charge in [0.2, 0.25) is 0 Å². The Labute approximate surface area is 297 Å². The molecule has 0 unspecified atom stereocenters. The summed E-state index contributed by atoms with van der Waals surface area (Å²) in [6.45, 7) is 6.70. The molecule has 0 aliphatic rings. The maximum absolute atomic E-state index is 14.2. The second kappa shape index (κ2) is 16.4. The average molecular weight is 702 g/mol. The lowest BCUT2D eigenvalue weighted by Gasteiger charge is -2.13. The maximum atomic E-state index is 14.2. The van der Waals surface area contributed by atoms with Crippen molar-refractivity contribution in [3.63, 3.8) is 0 Å². The molecule has 2 aromatic heterocycles. The van der Waals surface area contributed by atoms with E-state index in [2.05, 4.69) is 24.4 Å². The van der Waals surface area contributed by atoms with E-state index in [1.165, 1.54) is 44.1 Å². The van der Waals surface area contributed by atoms with E-state index in [-0.39, 0.29) is 5.91 Å². The van der Waals surface area contributed by atoms with E-state index in [1.54, 1.807) is 32.4 Å². The molecule has 0 fully saturated rings. The monoisotopic (exact) mass is 701 g/mol. The number of hydrogen-bond donors (Lipinski definition) is 1. The number of fused-ring (bicyclic) bond motifs is 1. The van der Waals surface area contributed by atoms with Crippen LogP contribution in [0.15, 0.2) is 54.6 Å². The standard InChI is InChI=1S/C39H44ClN3O5S/c1-7-8-9-10-11-12-16-34-35(29-21-33(47-5)30(40)22-32(29)46-4)41-39(49-34)42-37(44)31-20-28-18-24(2)17-25(3)36(28)43(31)23-26-14-13-15-27(19-26)38(45)48-6/h13-15,17-22H,7-12,16,23H2,1-6H3,(H,41,42,44). The number of aryl methyl sites for hydroxylation is 3. The molecule has 0 aliphatic carbocycles. The summed E-state index contributed by atoms with van der Waals surface area (Å²) < 4.78 is 18.2. The highest BCUT2D eigenvalue weighted by Gasteiger charge is 2.23. The van der Waals surface area contributed by atoms with E-state index in [4.69, 9.17) is 30.8 Å². The summed E-state index contributed by atoms with van der Waals surface area (Å²) in [5.41, 5.74) is 6.44. The van der Waals surface area contributed by atoms with Crippen LogP contribution in [0.5, 0.6) is 11.5 Å². The first-order valence-electron chi connectivity index (χ1n) is 16.7. The number of nitrogens with one attached hydrogen (secondary N) is 1. The Balaban J connectivity index is 1.52. The van der Waals surface area contributed by atoms with E-state index < -0.39 is 5.97 Å². The highest BCUT2D eigenvalue weighted by atomic mass is 35.5. The molecule has 10 heteroatoms. The Morgan fingerprint density at radius 2 is 1.67 bits per heavy atom. The highest BCUT2D eigenvalue weighted by molar-refractivity contribution is 7.16. The van der Waals surface area contributed by atoms with Gasteiger partial charge in [0.05, 0.1) is 43.1 Å². The van der Waals surface area contributed by atoms with Crippen molar-refractivity contribution in [2.45, 2.75) is 72.3 Å². The van der Waals surface area contributed by atoms with Crippen LogP contribution < -0.4 is 14.8 Å². The van der Waals surface area contributed by atoms with Gasteiger partial charge in [0.1, 0.15) is 17.2 Å². The van der Waals surface area contributed by atoms with Gasteiger partial charge in [-0.15, -0.1) is 11.3 Å². The Morgan fingerprint density at radius 1 is 0.918 bits per heavy atom. The number of halogens is 1. The van der Waals surface area contributed by atoms with Crippen LogP contribution >= 0.6 is 22.9 Å². The number of esters is 1. The first kappa shape index (κ1) is 36.0. The molecule has 1 amide bonds. The van der Waals surface area contributed by atoms with Crippen LogP contribution in [0.4, 0.5) is 5.13 Å². The lowest BCUT2D eigenvalue weighted by atomic mass is 10.0. The van der Waals surface area contributed by atoms with Crippen LogP contribution in [-0.4, -0.2) is 42.8 Å². The largest absolute Gasteiger partial charge is 0.496 e. The van der Waals surface area contributed by atoms with Crippen molar-refractivity contribution < 1.29 is 23.8 Å². The fraction of sp³-hybridized carbons (Fsp3) is 0.359. The van der Waals surface area contributed by atoms with Crippen molar-refractivity contribution in [1.29, 1.82) is 0 Å². The number of thiazole rings is 1. The third-order valence-corrected chi connectivity index (χ3v) is 9.98. The van der Waals surface area contributed by atoms with Crippen molar-refractivity contribution in [1.82, 2.24) is 9.55 Å². The number of rotatable bonds is 15. The summed E-state index contributed by atoms with van der Waals surface area (Å²) in [6.07, 6.45) is 7.82. The molecule has 2 heterocycles. The van der Waals surface area contributed by atoms with Gasteiger partial charge in [-0.2, -0.15) is 0 Å². The Hall–Kier alpha value is -4.34. The zero-order valence-electron chi connectivity index (χ0n) is 29.1. The zero-order valence-corrected chi connectivity index (χ0v) is 30.6. The Morgan fingerprint density at radius 3 is 2.41 bits per heavy atom. The third-order valence-electron chi connectivity index (χ3n) is 8.65. The second-order valence-electron chi connectivity index (χ2n) is 12.3. The maximum Gasteiger partial charge on any atom is 0.337 e. The number of carbonyl (C=O) groups is 2. The van der Waals surface area contributed by atoms with Crippen LogP contribution in [0, 0.1) is 13.8 Å². The predicted molar refractivity (Wildman–Crippen MR) is 199 cm³/mol. The molecule has 49 heavy (non-hydrogen) atoms. The molecule has 0 saturated carbocycles. The molecule has 0 atom stereocenters. The number of benzene rings is 3. The van der Waals surface area contributed by atoms with E-state index in [1.807, 2.05) is 42.7 Å². The average Bonchev–Trinajstić information content (AvgIpc) is 3.66. The fourth-order valence-electron chi connectivity index (χ4n) is 6.32. The molecule has 0 saturated heterocycles. The van der Waals surface area contributed by atoms with Gasteiger partial charge in [-0.3, -0.25) is 10.1 Å². The molecule has 0 aliphatic heterocycles.